The van der Waals surface area contributed by atoms with E-state index in [9.17, 15) is 48.6 Å². The van der Waals surface area contributed by atoms with Crippen LogP contribution in [-0.2, 0) is 94.1 Å². The predicted molar refractivity (Wildman–Crippen MR) is 626 cm³/mol. The van der Waals surface area contributed by atoms with Crippen molar-refractivity contribution in [3.63, 3.8) is 0 Å². The summed E-state index contributed by atoms with van der Waals surface area (Å²) in [5.74, 6) is 2.26. The van der Waals surface area contributed by atoms with E-state index in [-0.39, 0.29) is 75.0 Å². The van der Waals surface area contributed by atoms with Gasteiger partial charge in [-0.15, -0.1) is 0 Å². The Hall–Kier alpha value is -7.24. The number of hydrogen-bond acceptors (Lipinski definition) is 19. The van der Waals surface area contributed by atoms with E-state index in [1.54, 1.807) is 67.6 Å². The summed E-state index contributed by atoms with van der Waals surface area (Å²) < 4.78 is 101. The number of hydrogen-bond donors (Lipinski definition) is 3. The van der Waals surface area contributed by atoms with Crippen LogP contribution in [0.5, 0.6) is 0 Å². The van der Waals surface area contributed by atoms with Crippen LogP contribution in [0.2, 0.25) is 0 Å². The Balaban J connectivity index is 0. The fourth-order valence-corrected chi connectivity index (χ4v) is 20.7. The monoisotopic (exact) mass is 2140 g/mol. The SMILES string of the molecule is CC(C)(C)N1CCN(Cc2ccccc2)C(=O)C1.CC(C)(C)N1CCN(Cc2ccccc2)CC1.CC(C)(C)NS(=O)(=O)Cc1ccccc1.CC(C)(C)NS(=O)Cc1ccccc1.CC(C)CN(C(C)C)C(C)(C)C.CCCC(=O)N(CC)C(C)(C)C.CCN(C(=O)CN(C)CCOC)C(C)(C)C.CN(CCCS(=O)(=O)c1ccccc1)C(C)(C)C.COCC(=O)N(C)C(C)(C)C.Cc1ccc(S(=O)(=O)NC(C)(C)C)cc1. The van der Waals surface area contributed by atoms with Gasteiger partial charge in [0.15, 0.2) is 9.84 Å². The highest BCUT2D eigenvalue weighted by atomic mass is 32.2. The lowest BCUT2D eigenvalue weighted by atomic mass is 10.0. The number of piperazine rings is 2. The van der Waals surface area contributed by atoms with Crippen LogP contribution < -0.4 is 14.2 Å². The highest BCUT2D eigenvalue weighted by Gasteiger charge is 2.34. The summed E-state index contributed by atoms with van der Waals surface area (Å²) in [7, 11) is -1.81. The van der Waals surface area contributed by atoms with Crippen LogP contribution in [0.3, 0.4) is 0 Å². The second kappa shape index (κ2) is 67.4. The van der Waals surface area contributed by atoms with E-state index in [0.29, 0.717) is 65.2 Å². The van der Waals surface area contributed by atoms with Crippen molar-refractivity contribution in [1.82, 2.24) is 63.2 Å². The Morgan fingerprint density at radius 1 is 0.453 bits per heavy atom. The summed E-state index contributed by atoms with van der Waals surface area (Å²) in [4.78, 5) is 69.2. The van der Waals surface area contributed by atoms with Gasteiger partial charge in [0.2, 0.25) is 43.7 Å². The van der Waals surface area contributed by atoms with Crippen molar-refractivity contribution in [2.75, 3.05) is 139 Å². The highest BCUT2D eigenvalue weighted by molar-refractivity contribution is 7.91. The maximum absolute atomic E-state index is 12.1. The number of methoxy groups -OCH3 is 2. The van der Waals surface area contributed by atoms with Gasteiger partial charge in [-0.25, -0.2) is 43.6 Å². The molecule has 6 aromatic carbocycles. The number of nitrogens with one attached hydrogen (secondary N) is 3. The van der Waals surface area contributed by atoms with Gasteiger partial charge in [0.1, 0.15) is 6.61 Å². The standard InChI is InChI=1S/C15H22N2O.C15H24N2.C14H23NO2S.C12H26N2O2.2C11H17NO2S.C11H17NOS.C11H25N.C10H21NO.C8H17NO2/c1-15(2,3)17-10-9-16(14(18)12-17)11-13-7-5-4-6-8-13;1-15(2,3)17-11-9-16(10-12-17)13-14-7-5-4-6-8-14;1-14(2,3)15(4)11-8-12-18(16,17)13-9-6-5-7-10-13;1-7-14(12(2,3)4)11(15)10-13(5)8-9-16-6;1-9-5-7-10(8-6-9)15(13,14)12-11(2,3)4;1-11(2,3)12-15(13,14)9-10-7-5-4-6-8-10;1-11(2,3)12-14(13)9-10-7-5-4-6-8-10;1-9(2)8-12(10(3)4)11(5,6)7;1-6-8-9(12)11(7-2)10(3,4)5;1-8(2,3)9(4)7(10)6-11-5/h4-8H,9-12H2,1-3H3;4-8H,9-13H2,1-3H3;5-7,9-10H,8,11-12H2,1-4H3;7-10H2,1-6H3;5-8,12H,1-4H3;4-8,12H,9H2,1-3H3;4-8,12H,9H2,1-3H3;9-10H,8H2,1-7H3;6-8H2,1-5H3;6H2,1-5H3. The van der Waals surface area contributed by atoms with Crippen molar-refractivity contribution >= 4 is 64.5 Å². The van der Waals surface area contributed by atoms with Gasteiger partial charge in [-0.3, -0.25) is 43.7 Å². The van der Waals surface area contributed by atoms with Gasteiger partial charge in [-0.05, 0) is 328 Å². The molecule has 1 atom stereocenters. The Kier molecular flexibility index (Phi) is 65.1. The van der Waals surface area contributed by atoms with Gasteiger partial charge in [0.05, 0.1) is 57.7 Å². The molecule has 0 aromatic heterocycles. The van der Waals surface area contributed by atoms with Crippen molar-refractivity contribution in [2.45, 2.75) is 378 Å². The van der Waals surface area contributed by atoms with Crippen LogP contribution in [0.1, 0.15) is 303 Å². The van der Waals surface area contributed by atoms with Gasteiger partial charge < -0.3 is 34.0 Å². The zero-order valence-electron chi connectivity index (χ0n) is 101. The molecular weight excluding hydrogens is 1940 g/mol. The maximum Gasteiger partial charge on any atom is 0.248 e. The molecule has 4 amide bonds. The number of aryl methyl sites for hydroxylation is 1. The predicted octanol–water partition coefficient (Wildman–Crippen LogP) is 21.2. The fourth-order valence-electron chi connectivity index (χ4n) is 15.1. The van der Waals surface area contributed by atoms with E-state index in [4.69, 9.17) is 9.47 Å². The molecule has 2 aliphatic heterocycles. The van der Waals surface area contributed by atoms with E-state index >= 15 is 0 Å². The number of sulfonamides is 2. The van der Waals surface area contributed by atoms with Crippen molar-refractivity contribution < 1.29 is 58.1 Å². The quantitative estimate of drug-likeness (QED) is 0.0365. The minimum atomic E-state index is -3.38. The molecule has 0 spiro atoms. The lowest BCUT2D eigenvalue weighted by Gasteiger charge is -2.42. The fraction of sp³-hybridized carbons (Fsp3) is 0.661. The Labute approximate surface area is 906 Å². The number of benzene rings is 6. The van der Waals surface area contributed by atoms with Crippen LogP contribution in [0.15, 0.2) is 186 Å². The molecule has 0 saturated carbocycles. The molecular formula is C118H209N13O13S4. The normalized spacial score (nSPS) is 14.1. The zero-order valence-corrected chi connectivity index (χ0v) is 104. The van der Waals surface area contributed by atoms with Gasteiger partial charge in [0, 0.05) is 168 Å². The number of nitrogens with zero attached hydrogens (tertiary/aromatic N) is 10. The van der Waals surface area contributed by atoms with Crippen LogP contribution in [0, 0.1) is 12.8 Å². The average molecular weight is 2150 g/mol. The third-order valence-electron chi connectivity index (χ3n) is 23.3. The number of rotatable bonds is 31. The average Bonchev–Trinajstić information content (AvgIpc) is 0.802. The van der Waals surface area contributed by atoms with Crippen LogP contribution >= 0.6 is 0 Å². The smallest absolute Gasteiger partial charge is 0.248 e. The van der Waals surface area contributed by atoms with Gasteiger partial charge in [-0.2, -0.15) is 0 Å². The minimum absolute atomic E-state index is 0.0139. The van der Waals surface area contributed by atoms with Gasteiger partial charge >= 0.3 is 0 Å². The number of amides is 4. The number of likely N-dealkylation sites (N-methyl/N-ethyl adjacent to an activating group) is 3. The first kappa shape index (κ1) is 143. The molecule has 0 aliphatic carbocycles. The Morgan fingerprint density at radius 3 is 1.23 bits per heavy atom. The third kappa shape index (κ3) is 66.7. The van der Waals surface area contributed by atoms with Crippen molar-refractivity contribution in [3.05, 3.63) is 204 Å². The summed E-state index contributed by atoms with van der Waals surface area (Å²) in [6, 6.07) is 56.1. The first-order valence-electron chi connectivity index (χ1n) is 52.9. The topological polar surface area (TPSA) is 275 Å². The number of ether oxygens (including phenoxy) is 2. The molecule has 6 aromatic rings. The summed E-state index contributed by atoms with van der Waals surface area (Å²) in [5, 5.41) is 0. The molecule has 8 rings (SSSR count). The van der Waals surface area contributed by atoms with Gasteiger partial charge in [-0.1, -0.05) is 178 Å². The molecule has 2 fully saturated rings. The van der Waals surface area contributed by atoms with Crippen LogP contribution in [0.25, 0.3) is 0 Å². The Bertz CT molecular complexity index is 4990. The highest BCUT2D eigenvalue weighted by Crippen LogP contribution is 2.25. The molecule has 0 radical (unpaired) electrons. The molecule has 2 saturated heterocycles. The molecule has 2 heterocycles. The summed E-state index contributed by atoms with van der Waals surface area (Å²) >= 11 is 0. The molecule has 848 valence electrons. The van der Waals surface area contributed by atoms with E-state index in [0.717, 1.165) is 81.4 Å². The summed E-state index contributed by atoms with van der Waals surface area (Å²) in [6.07, 6.45) is 2.27. The number of carbonyl (C=O) groups excluding carboxylic acids is 4. The lowest BCUT2D eigenvalue weighted by molar-refractivity contribution is -0.139. The summed E-state index contributed by atoms with van der Waals surface area (Å²) in [5.41, 5.74) is 5.14. The number of carbonyl (C=O) groups is 4. The Morgan fingerprint density at radius 2 is 0.872 bits per heavy atom. The first-order valence-corrected chi connectivity index (χ1v) is 59.0. The van der Waals surface area contributed by atoms with Crippen molar-refractivity contribution in [3.8, 4) is 0 Å². The molecule has 3 N–H and O–H groups in total. The van der Waals surface area contributed by atoms with Crippen molar-refractivity contribution in [1.29, 1.82) is 0 Å². The molecule has 1 unspecified atom stereocenters. The van der Waals surface area contributed by atoms with Gasteiger partial charge in [0.25, 0.3) is 0 Å². The van der Waals surface area contributed by atoms with E-state index in [1.807, 2.05) is 229 Å². The van der Waals surface area contributed by atoms with Crippen LogP contribution in [-0.4, -0.2) is 303 Å². The second-order valence-electron chi connectivity index (χ2n) is 48.9. The summed E-state index contributed by atoms with van der Waals surface area (Å²) in [6.45, 7) is 93.6. The maximum atomic E-state index is 12.1. The van der Waals surface area contributed by atoms with E-state index in [2.05, 4.69) is 233 Å². The second-order valence-corrected chi connectivity index (χ2v) is 55.6. The molecule has 2 aliphatic rings. The first-order chi connectivity index (χ1) is 67.6. The number of sulfone groups is 1. The molecule has 148 heavy (non-hydrogen) atoms. The largest absolute Gasteiger partial charge is 0.383 e. The minimum Gasteiger partial charge on any atom is -0.383 e. The lowest BCUT2D eigenvalue weighted by Crippen LogP contribution is -2.55. The van der Waals surface area contributed by atoms with E-state index in [1.165, 1.54) is 51.0 Å². The molecule has 0 bridgehead atoms. The zero-order chi connectivity index (χ0) is 115. The van der Waals surface area contributed by atoms with Crippen molar-refractivity contribution in [2.24, 2.45) is 5.92 Å². The third-order valence-corrected chi connectivity index (χ3v) is 30.0. The van der Waals surface area contributed by atoms with Crippen LogP contribution in [0.4, 0.5) is 0 Å². The molecule has 26 nitrogen and oxygen atoms in total. The molecule has 30 heteroatoms. The van der Waals surface area contributed by atoms with E-state index < -0.39 is 51.9 Å².